The lowest BCUT2D eigenvalue weighted by Gasteiger charge is -2.24. The largest absolute Gasteiger partial charge is 0.397 e. The van der Waals surface area contributed by atoms with E-state index in [1.807, 2.05) is 55.6 Å². The Bertz CT molecular complexity index is 935. The van der Waals surface area contributed by atoms with E-state index in [0.717, 1.165) is 42.1 Å². The number of anilines is 3. The maximum absolute atomic E-state index is 12.6. The predicted octanol–water partition coefficient (Wildman–Crippen LogP) is 4.83. The second-order valence-corrected chi connectivity index (χ2v) is 7.78. The highest BCUT2D eigenvalue weighted by Gasteiger charge is 2.14. The standard InChI is InChI=1S/C21H23N5OS.C2H6/c22-17-5-3-14(20-2-1-11-28-20)12-19(17)26-21(27)18-6-4-16(13-24-18)25-15-7-9-23-10-8-15;1-2/h1-6,11-13,15,23,25H,7-10,22H2,(H,26,27);1-2H3. The molecule has 1 aromatic carbocycles. The highest BCUT2D eigenvalue weighted by atomic mass is 32.1. The minimum absolute atomic E-state index is 0.275. The average molecular weight is 424 g/mol. The van der Waals surface area contributed by atoms with Gasteiger partial charge in [0.05, 0.1) is 23.3 Å². The number of carbonyl (C=O) groups is 1. The van der Waals surface area contributed by atoms with Crippen molar-refractivity contribution < 1.29 is 4.79 Å². The number of carbonyl (C=O) groups excluding carboxylic acids is 1. The molecular formula is C23H29N5OS. The third-order valence-electron chi connectivity index (χ3n) is 4.81. The zero-order chi connectivity index (χ0) is 21.3. The van der Waals surface area contributed by atoms with E-state index in [1.54, 1.807) is 23.6 Å². The first-order valence-corrected chi connectivity index (χ1v) is 11.2. The number of nitrogens with two attached hydrogens (primary N) is 1. The Morgan fingerprint density at radius 3 is 2.63 bits per heavy atom. The molecule has 6 nitrogen and oxygen atoms in total. The van der Waals surface area contributed by atoms with Crippen molar-refractivity contribution in [1.29, 1.82) is 0 Å². The predicted molar refractivity (Wildman–Crippen MR) is 127 cm³/mol. The molecule has 4 rings (SSSR count). The molecule has 3 heterocycles. The summed E-state index contributed by atoms with van der Waals surface area (Å²) in [7, 11) is 0. The van der Waals surface area contributed by atoms with E-state index in [2.05, 4.69) is 20.9 Å². The second-order valence-electron chi connectivity index (χ2n) is 6.83. The van der Waals surface area contributed by atoms with E-state index in [4.69, 9.17) is 5.73 Å². The summed E-state index contributed by atoms with van der Waals surface area (Å²) in [4.78, 5) is 18.1. The molecule has 2 aromatic heterocycles. The van der Waals surface area contributed by atoms with Gasteiger partial charge >= 0.3 is 0 Å². The Labute approximate surface area is 181 Å². The van der Waals surface area contributed by atoms with Crippen LogP contribution in [0.25, 0.3) is 10.4 Å². The number of piperidine rings is 1. The average Bonchev–Trinajstić information content (AvgIpc) is 3.33. The lowest BCUT2D eigenvalue weighted by molar-refractivity contribution is 0.102. The van der Waals surface area contributed by atoms with Gasteiger partial charge in [-0.2, -0.15) is 0 Å². The van der Waals surface area contributed by atoms with Gasteiger partial charge in [-0.15, -0.1) is 11.3 Å². The molecule has 0 bridgehead atoms. The highest BCUT2D eigenvalue weighted by Crippen LogP contribution is 2.30. The van der Waals surface area contributed by atoms with Gasteiger partial charge in [0.1, 0.15) is 5.69 Å². The molecule has 7 heteroatoms. The van der Waals surface area contributed by atoms with Gasteiger partial charge in [-0.1, -0.05) is 26.0 Å². The number of nitrogens with zero attached hydrogens (tertiary/aromatic N) is 1. The lowest BCUT2D eigenvalue weighted by atomic mass is 10.1. The molecule has 1 aliphatic heterocycles. The van der Waals surface area contributed by atoms with Crippen molar-refractivity contribution in [2.75, 3.05) is 29.5 Å². The normalized spacial score (nSPS) is 13.8. The smallest absolute Gasteiger partial charge is 0.274 e. The first-order valence-electron chi connectivity index (χ1n) is 10.4. The topological polar surface area (TPSA) is 92.1 Å². The van der Waals surface area contributed by atoms with Crippen LogP contribution < -0.4 is 21.7 Å². The highest BCUT2D eigenvalue weighted by molar-refractivity contribution is 7.13. The fourth-order valence-electron chi connectivity index (χ4n) is 3.26. The summed E-state index contributed by atoms with van der Waals surface area (Å²) < 4.78 is 0. The molecule has 1 amide bonds. The number of aromatic nitrogens is 1. The number of rotatable bonds is 5. The molecule has 3 aromatic rings. The number of nitrogen functional groups attached to an aromatic ring is 1. The zero-order valence-corrected chi connectivity index (χ0v) is 18.3. The molecule has 0 aliphatic carbocycles. The third kappa shape index (κ3) is 5.58. The number of nitrogens with one attached hydrogen (secondary N) is 3. The van der Waals surface area contributed by atoms with Crippen molar-refractivity contribution in [3.8, 4) is 10.4 Å². The molecule has 158 valence electrons. The van der Waals surface area contributed by atoms with Crippen LogP contribution in [0.4, 0.5) is 17.1 Å². The van der Waals surface area contributed by atoms with Crippen LogP contribution in [0.15, 0.2) is 54.0 Å². The van der Waals surface area contributed by atoms with Crippen molar-refractivity contribution in [2.45, 2.75) is 32.7 Å². The molecule has 1 saturated heterocycles. The van der Waals surface area contributed by atoms with E-state index in [9.17, 15) is 4.79 Å². The van der Waals surface area contributed by atoms with E-state index in [0.29, 0.717) is 23.1 Å². The molecule has 0 radical (unpaired) electrons. The number of thiophene rings is 1. The van der Waals surface area contributed by atoms with Crippen LogP contribution in [0, 0.1) is 0 Å². The number of amides is 1. The van der Waals surface area contributed by atoms with Crippen LogP contribution in [-0.2, 0) is 0 Å². The number of benzene rings is 1. The fraction of sp³-hybridized carbons (Fsp3) is 0.304. The van der Waals surface area contributed by atoms with Crippen molar-refractivity contribution >= 4 is 34.3 Å². The summed E-state index contributed by atoms with van der Waals surface area (Å²) >= 11 is 1.64. The second kappa shape index (κ2) is 10.8. The molecule has 1 aliphatic rings. The first-order chi connectivity index (χ1) is 14.7. The Hall–Kier alpha value is -2.90. The Morgan fingerprint density at radius 1 is 1.17 bits per heavy atom. The van der Waals surface area contributed by atoms with E-state index >= 15 is 0 Å². The van der Waals surface area contributed by atoms with Crippen LogP contribution in [0.5, 0.6) is 0 Å². The fourth-order valence-corrected chi connectivity index (χ4v) is 3.99. The summed E-state index contributed by atoms with van der Waals surface area (Å²) in [5, 5.41) is 11.7. The van der Waals surface area contributed by atoms with Gasteiger partial charge in [-0.3, -0.25) is 4.79 Å². The summed E-state index contributed by atoms with van der Waals surface area (Å²) in [5.41, 5.74) is 9.48. The molecule has 0 saturated carbocycles. The Kier molecular flexibility index (Phi) is 7.82. The number of pyridine rings is 1. The molecular weight excluding hydrogens is 394 g/mol. The van der Waals surface area contributed by atoms with Crippen LogP contribution in [0.3, 0.4) is 0 Å². The number of hydrogen-bond donors (Lipinski definition) is 4. The van der Waals surface area contributed by atoms with Crippen LogP contribution in [0.2, 0.25) is 0 Å². The van der Waals surface area contributed by atoms with Crippen LogP contribution in [0.1, 0.15) is 37.2 Å². The van der Waals surface area contributed by atoms with E-state index in [-0.39, 0.29) is 5.91 Å². The monoisotopic (exact) mass is 423 g/mol. The zero-order valence-electron chi connectivity index (χ0n) is 17.4. The molecule has 0 atom stereocenters. The maximum Gasteiger partial charge on any atom is 0.274 e. The van der Waals surface area contributed by atoms with Gasteiger partial charge in [0.25, 0.3) is 5.91 Å². The quantitative estimate of drug-likeness (QED) is 0.441. The Morgan fingerprint density at radius 2 is 1.97 bits per heavy atom. The molecule has 5 N–H and O–H groups in total. The van der Waals surface area contributed by atoms with Crippen molar-refractivity contribution in [1.82, 2.24) is 10.3 Å². The molecule has 0 unspecified atom stereocenters. The summed E-state index contributed by atoms with van der Waals surface area (Å²) in [6.45, 7) is 6.05. The van der Waals surface area contributed by atoms with Gasteiger partial charge in [0, 0.05) is 10.9 Å². The summed E-state index contributed by atoms with van der Waals surface area (Å²) in [5.74, 6) is -0.275. The van der Waals surface area contributed by atoms with Gasteiger partial charge in [0.2, 0.25) is 0 Å². The molecule has 1 fully saturated rings. The lowest BCUT2D eigenvalue weighted by Crippen LogP contribution is -2.35. The van der Waals surface area contributed by atoms with Crippen LogP contribution in [-0.4, -0.2) is 30.0 Å². The maximum atomic E-state index is 12.6. The molecule has 0 spiro atoms. The number of hydrogen-bond acceptors (Lipinski definition) is 6. The van der Waals surface area contributed by atoms with Gasteiger partial charge in [0.15, 0.2) is 0 Å². The minimum Gasteiger partial charge on any atom is -0.397 e. The minimum atomic E-state index is -0.275. The molecule has 30 heavy (non-hydrogen) atoms. The SMILES string of the molecule is CC.Nc1ccc(-c2cccs2)cc1NC(=O)c1ccc(NC2CCNCC2)cn1. The summed E-state index contributed by atoms with van der Waals surface area (Å²) in [6, 6.07) is 13.8. The van der Waals surface area contributed by atoms with E-state index < -0.39 is 0 Å². The third-order valence-corrected chi connectivity index (χ3v) is 5.73. The van der Waals surface area contributed by atoms with Gasteiger partial charge in [-0.05, 0) is 67.2 Å². The van der Waals surface area contributed by atoms with Gasteiger partial charge in [-0.25, -0.2) is 4.98 Å². The van der Waals surface area contributed by atoms with Gasteiger partial charge < -0.3 is 21.7 Å². The van der Waals surface area contributed by atoms with Crippen molar-refractivity contribution in [2.24, 2.45) is 0 Å². The summed E-state index contributed by atoms with van der Waals surface area (Å²) in [6.07, 6.45) is 3.88. The Balaban J connectivity index is 0.00000124. The first kappa shape index (κ1) is 21.8. The van der Waals surface area contributed by atoms with Crippen molar-refractivity contribution in [3.05, 3.63) is 59.7 Å². The van der Waals surface area contributed by atoms with Crippen molar-refractivity contribution in [3.63, 3.8) is 0 Å². The van der Waals surface area contributed by atoms with E-state index in [1.165, 1.54) is 0 Å². The van der Waals surface area contributed by atoms with Crippen LogP contribution >= 0.6 is 11.3 Å².